The highest BCUT2D eigenvalue weighted by Crippen LogP contribution is 2.12. The highest BCUT2D eigenvalue weighted by atomic mass is 16.3. The summed E-state index contributed by atoms with van der Waals surface area (Å²) < 4.78 is 0. The van der Waals surface area contributed by atoms with E-state index in [1.165, 1.54) is 12.8 Å². The summed E-state index contributed by atoms with van der Waals surface area (Å²) in [6, 6.07) is 0.733. The van der Waals surface area contributed by atoms with Crippen molar-refractivity contribution in [3.05, 3.63) is 0 Å². The second-order valence-corrected chi connectivity index (χ2v) is 5.09. The Kier molecular flexibility index (Phi) is 8.90. The fourth-order valence-electron chi connectivity index (χ4n) is 2.21. The van der Waals surface area contributed by atoms with E-state index in [4.69, 9.17) is 10.8 Å². The molecule has 0 saturated carbocycles. The molecule has 1 atom stereocenters. The normalized spacial score (nSPS) is 14.1. The van der Waals surface area contributed by atoms with Crippen molar-refractivity contribution < 1.29 is 5.11 Å². The Balaban J connectivity index is 4.28. The van der Waals surface area contributed by atoms with Crippen LogP contribution < -0.4 is 5.73 Å². The maximum absolute atomic E-state index is 8.89. The predicted octanol–water partition coefficient (Wildman–Crippen LogP) is 1.84. The molecule has 0 fully saturated rings. The van der Waals surface area contributed by atoms with Crippen molar-refractivity contribution in [1.29, 1.82) is 0 Å². The number of nitrogens with two attached hydrogens (primary N) is 1. The zero-order valence-corrected chi connectivity index (χ0v) is 11.4. The van der Waals surface area contributed by atoms with E-state index in [9.17, 15) is 0 Å². The topological polar surface area (TPSA) is 49.5 Å². The van der Waals surface area contributed by atoms with Gasteiger partial charge in [-0.15, -0.1) is 0 Å². The van der Waals surface area contributed by atoms with Gasteiger partial charge in [0, 0.05) is 31.8 Å². The fraction of sp³-hybridized carbons (Fsp3) is 1.00. The number of rotatable bonds is 9. The third-order valence-corrected chi connectivity index (χ3v) is 3.03. The minimum absolute atomic E-state index is 0.101. The summed E-state index contributed by atoms with van der Waals surface area (Å²) in [5.74, 6) is 0.668. The van der Waals surface area contributed by atoms with Gasteiger partial charge in [0.15, 0.2) is 0 Å². The van der Waals surface area contributed by atoms with E-state index >= 15 is 0 Å². The molecule has 0 aliphatic heterocycles. The van der Waals surface area contributed by atoms with E-state index in [1.807, 2.05) is 0 Å². The number of nitrogens with zero attached hydrogens (tertiary/aromatic N) is 1. The van der Waals surface area contributed by atoms with Crippen molar-refractivity contribution in [2.45, 2.75) is 59.0 Å². The summed E-state index contributed by atoms with van der Waals surface area (Å²) in [7, 11) is 0. The number of hydrogen-bond donors (Lipinski definition) is 2. The van der Waals surface area contributed by atoms with Gasteiger partial charge in [-0.2, -0.15) is 0 Å². The van der Waals surface area contributed by atoms with Gasteiger partial charge >= 0.3 is 0 Å². The van der Waals surface area contributed by atoms with Crippen molar-refractivity contribution in [2.75, 3.05) is 19.7 Å². The van der Waals surface area contributed by atoms with Crippen LogP contribution in [0.2, 0.25) is 0 Å². The van der Waals surface area contributed by atoms with Gasteiger partial charge in [0.1, 0.15) is 0 Å². The van der Waals surface area contributed by atoms with E-state index in [1.54, 1.807) is 0 Å². The van der Waals surface area contributed by atoms with E-state index in [0.717, 1.165) is 13.1 Å². The molecule has 0 aromatic heterocycles. The molecule has 0 amide bonds. The molecular weight excluding hydrogens is 200 g/mol. The highest BCUT2D eigenvalue weighted by Gasteiger charge is 2.18. The molecule has 0 aromatic carbocycles. The third kappa shape index (κ3) is 6.46. The lowest BCUT2D eigenvalue weighted by Gasteiger charge is -2.33. The lowest BCUT2D eigenvalue weighted by molar-refractivity contribution is 0.148. The quantitative estimate of drug-likeness (QED) is 0.635. The average molecular weight is 230 g/mol. The fourth-order valence-corrected chi connectivity index (χ4v) is 2.21. The van der Waals surface area contributed by atoms with Crippen LogP contribution >= 0.6 is 0 Å². The zero-order valence-electron chi connectivity index (χ0n) is 11.4. The van der Waals surface area contributed by atoms with Crippen LogP contribution in [0.3, 0.4) is 0 Å². The Labute approximate surface area is 101 Å². The molecule has 0 rings (SSSR count). The maximum Gasteiger partial charge on any atom is 0.0446 e. The van der Waals surface area contributed by atoms with E-state index in [-0.39, 0.29) is 12.6 Å². The molecule has 3 N–H and O–H groups in total. The molecule has 16 heavy (non-hydrogen) atoms. The molecule has 0 spiro atoms. The third-order valence-electron chi connectivity index (χ3n) is 3.03. The van der Waals surface area contributed by atoms with Gasteiger partial charge < -0.3 is 10.8 Å². The van der Waals surface area contributed by atoms with Crippen LogP contribution in [-0.4, -0.2) is 41.8 Å². The molecule has 98 valence electrons. The van der Waals surface area contributed by atoms with E-state index in [2.05, 4.69) is 32.6 Å². The molecule has 0 aromatic rings. The lowest BCUT2D eigenvalue weighted by atomic mass is 10.1. The minimum atomic E-state index is 0.101. The summed E-state index contributed by atoms with van der Waals surface area (Å²) in [5, 5.41) is 8.89. The van der Waals surface area contributed by atoms with Crippen LogP contribution in [0.25, 0.3) is 0 Å². The van der Waals surface area contributed by atoms with Crippen LogP contribution in [0.15, 0.2) is 0 Å². The number of aliphatic hydroxyl groups excluding tert-OH is 1. The van der Waals surface area contributed by atoms with Gasteiger partial charge in [-0.25, -0.2) is 0 Å². The van der Waals surface area contributed by atoms with Gasteiger partial charge in [0.2, 0.25) is 0 Å². The van der Waals surface area contributed by atoms with Crippen LogP contribution in [0.4, 0.5) is 0 Å². The van der Waals surface area contributed by atoms with Crippen molar-refractivity contribution in [3.63, 3.8) is 0 Å². The number of aliphatic hydroxyl groups is 1. The molecule has 1 unspecified atom stereocenters. The lowest BCUT2D eigenvalue weighted by Crippen LogP contribution is -2.45. The summed E-state index contributed by atoms with van der Waals surface area (Å²) >= 11 is 0. The molecular formula is C13H30N2O. The van der Waals surface area contributed by atoms with Crippen molar-refractivity contribution >= 4 is 0 Å². The second kappa shape index (κ2) is 8.97. The summed E-state index contributed by atoms with van der Waals surface area (Å²) in [6.45, 7) is 11.2. The molecule has 3 heteroatoms. The highest BCUT2D eigenvalue weighted by molar-refractivity contribution is 4.75. The molecule has 0 heterocycles. The van der Waals surface area contributed by atoms with Gasteiger partial charge in [0.25, 0.3) is 0 Å². The van der Waals surface area contributed by atoms with Gasteiger partial charge in [-0.1, -0.05) is 27.7 Å². The Morgan fingerprint density at radius 3 is 2.06 bits per heavy atom. The zero-order chi connectivity index (χ0) is 12.6. The summed E-state index contributed by atoms with van der Waals surface area (Å²) in [6.07, 6.45) is 3.05. The van der Waals surface area contributed by atoms with Gasteiger partial charge in [-0.3, -0.25) is 4.90 Å². The summed E-state index contributed by atoms with van der Waals surface area (Å²) in [5.41, 5.74) is 6.01. The smallest absolute Gasteiger partial charge is 0.0446 e. The molecule has 0 aliphatic rings. The number of hydrogen-bond acceptors (Lipinski definition) is 3. The van der Waals surface area contributed by atoms with E-state index in [0.29, 0.717) is 18.4 Å². The second-order valence-electron chi connectivity index (χ2n) is 5.09. The molecule has 0 bridgehead atoms. The molecule has 0 saturated heterocycles. The van der Waals surface area contributed by atoms with Crippen molar-refractivity contribution in [3.8, 4) is 0 Å². The Morgan fingerprint density at radius 1 is 1.12 bits per heavy atom. The Bertz CT molecular complexity index is 158. The molecule has 0 radical (unpaired) electrons. The first-order chi connectivity index (χ1) is 7.54. The molecule has 3 nitrogen and oxygen atoms in total. The first-order valence-electron chi connectivity index (χ1n) is 6.65. The van der Waals surface area contributed by atoms with Gasteiger partial charge in [-0.05, 0) is 25.2 Å². The predicted molar refractivity (Wildman–Crippen MR) is 70.5 cm³/mol. The first-order valence-corrected chi connectivity index (χ1v) is 6.65. The van der Waals surface area contributed by atoms with E-state index < -0.39 is 0 Å². The minimum Gasteiger partial charge on any atom is -0.396 e. The van der Waals surface area contributed by atoms with Crippen molar-refractivity contribution in [1.82, 2.24) is 4.90 Å². The Morgan fingerprint density at radius 2 is 1.69 bits per heavy atom. The van der Waals surface area contributed by atoms with Crippen molar-refractivity contribution in [2.24, 2.45) is 11.7 Å². The molecule has 0 aliphatic carbocycles. The SMILES string of the molecule is CCC(CC)N(CC(C)C)CC(N)CCO. The maximum atomic E-state index is 8.89. The van der Waals surface area contributed by atoms with Crippen LogP contribution in [0.1, 0.15) is 47.0 Å². The largest absolute Gasteiger partial charge is 0.396 e. The van der Waals surface area contributed by atoms with Gasteiger partial charge in [0.05, 0.1) is 0 Å². The first kappa shape index (κ1) is 15.9. The average Bonchev–Trinajstić information content (AvgIpc) is 2.18. The standard InChI is InChI=1S/C13H30N2O/c1-5-13(6-2)15(9-11(3)4)10-12(14)7-8-16/h11-13,16H,5-10,14H2,1-4H3. The summed E-state index contributed by atoms with van der Waals surface area (Å²) in [4.78, 5) is 2.49. The van der Waals surface area contributed by atoms with Crippen LogP contribution in [-0.2, 0) is 0 Å². The van der Waals surface area contributed by atoms with Crippen LogP contribution in [0.5, 0.6) is 0 Å². The monoisotopic (exact) mass is 230 g/mol. The Hall–Kier alpha value is -0.120. The van der Waals surface area contributed by atoms with Crippen LogP contribution in [0, 0.1) is 5.92 Å².